The zero-order valence-corrected chi connectivity index (χ0v) is 7.03. The normalized spacial score (nSPS) is 10.5. The lowest BCUT2D eigenvalue weighted by molar-refractivity contribution is 0.0926. The van der Waals surface area contributed by atoms with Gasteiger partial charge in [0.2, 0.25) is 5.78 Å². The standard InChI is InChI=1S/C8H12N2O/c1-6(2)7(11)8-9-4-5-10(8)3/h4-6H,1-3H3. The van der Waals surface area contributed by atoms with E-state index < -0.39 is 0 Å². The van der Waals surface area contributed by atoms with Crippen LogP contribution in [0.2, 0.25) is 0 Å². The van der Waals surface area contributed by atoms with Gasteiger partial charge in [-0.1, -0.05) is 13.8 Å². The summed E-state index contributed by atoms with van der Waals surface area (Å²) in [5.74, 6) is 0.661. The van der Waals surface area contributed by atoms with Crippen molar-refractivity contribution in [2.75, 3.05) is 0 Å². The molecule has 0 unspecified atom stereocenters. The number of ketones is 1. The Hall–Kier alpha value is -1.12. The molecular weight excluding hydrogens is 140 g/mol. The van der Waals surface area contributed by atoms with Crippen molar-refractivity contribution in [1.82, 2.24) is 9.55 Å². The third-order valence-electron chi connectivity index (χ3n) is 1.57. The Morgan fingerprint density at radius 1 is 1.64 bits per heavy atom. The Balaban J connectivity index is 2.93. The summed E-state index contributed by atoms with van der Waals surface area (Å²) in [5, 5.41) is 0. The number of carbonyl (C=O) groups is 1. The average molecular weight is 152 g/mol. The highest BCUT2D eigenvalue weighted by atomic mass is 16.1. The molecule has 0 aliphatic carbocycles. The van der Waals surface area contributed by atoms with Gasteiger partial charge >= 0.3 is 0 Å². The molecule has 0 N–H and O–H groups in total. The van der Waals surface area contributed by atoms with E-state index in [0.29, 0.717) is 5.82 Å². The van der Waals surface area contributed by atoms with Crippen LogP contribution in [0.5, 0.6) is 0 Å². The Bertz CT molecular complexity index is 263. The van der Waals surface area contributed by atoms with Crippen LogP contribution in [0, 0.1) is 5.92 Å². The molecule has 11 heavy (non-hydrogen) atoms. The molecule has 1 aromatic rings. The van der Waals surface area contributed by atoms with E-state index in [9.17, 15) is 4.79 Å². The smallest absolute Gasteiger partial charge is 0.200 e. The second-order valence-corrected chi connectivity index (χ2v) is 2.88. The molecule has 0 atom stereocenters. The monoisotopic (exact) mass is 152 g/mol. The maximum atomic E-state index is 11.3. The lowest BCUT2D eigenvalue weighted by Gasteiger charge is -2.02. The first-order valence-corrected chi connectivity index (χ1v) is 3.64. The summed E-state index contributed by atoms with van der Waals surface area (Å²) in [6.45, 7) is 3.74. The van der Waals surface area contributed by atoms with Crippen LogP contribution >= 0.6 is 0 Å². The van der Waals surface area contributed by atoms with Gasteiger partial charge in [0, 0.05) is 25.4 Å². The van der Waals surface area contributed by atoms with Crippen LogP contribution in [0.1, 0.15) is 24.5 Å². The zero-order chi connectivity index (χ0) is 8.43. The van der Waals surface area contributed by atoms with E-state index in [1.807, 2.05) is 20.9 Å². The first-order valence-electron chi connectivity index (χ1n) is 3.64. The second-order valence-electron chi connectivity index (χ2n) is 2.88. The zero-order valence-electron chi connectivity index (χ0n) is 7.03. The summed E-state index contributed by atoms with van der Waals surface area (Å²) in [4.78, 5) is 15.3. The number of hydrogen-bond donors (Lipinski definition) is 0. The summed E-state index contributed by atoms with van der Waals surface area (Å²) in [6.07, 6.45) is 3.41. The summed E-state index contributed by atoms with van der Waals surface area (Å²) >= 11 is 0. The number of imidazole rings is 1. The molecule has 3 heteroatoms. The van der Waals surface area contributed by atoms with Gasteiger partial charge in [0.25, 0.3) is 0 Å². The molecule has 0 bridgehead atoms. The Kier molecular flexibility index (Phi) is 2.08. The molecule has 0 aliphatic rings. The van der Waals surface area contributed by atoms with E-state index in [4.69, 9.17) is 0 Å². The van der Waals surface area contributed by atoms with E-state index >= 15 is 0 Å². The molecule has 3 nitrogen and oxygen atoms in total. The summed E-state index contributed by atoms with van der Waals surface area (Å²) in [5.41, 5.74) is 0. The number of aryl methyl sites for hydroxylation is 1. The first-order chi connectivity index (χ1) is 5.13. The second kappa shape index (κ2) is 2.86. The molecular formula is C8H12N2O. The molecule has 1 aromatic heterocycles. The van der Waals surface area contributed by atoms with Crippen LogP contribution < -0.4 is 0 Å². The Labute approximate surface area is 66.1 Å². The first kappa shape index (κ1) is 7.98. The SMILES string of the molecule is CC(C)C(=O)c1nccn1C. The lowest BCUT2D eigenvalue weighted by Crippen LogP contribution is -2.12. The number of rotatable bonds is 2. The predicted octanol–water partition coefficient (Wildman–Crippen LogP) is 1.26. The van der Waals surface area contributed by atoms with Gasteiger partial charge in [-0.05, 0) is 0 Å². The van der Waals surface area contributed by atoms with Crippen LogP contribution in [-0.4, -0.2) is 15.3 Å². The molecule has 0 aromatic carbocycles. The van der Waals surface area contributed by atoms with E-state index in [-0.39, 0.29) is 11.7 Å². The molecule has 0 aliphatic heterocycles. The summed E-state index contributed by atoms with van der Waals surface area (Å²) < 4.78 is 1.74. The minimum atomic E-state index is 0.0242. The van der Waals surface area contributed by atoms with Gasteiger partial charge in [-0.3, -0.25) is 4.79 Å². The number of hydrogen-bond acceptors (Lipinski definition) is 2. The fourth-order valence-corrected chi connectivity index (χ4v) is 0.861. The molecule has 0 radical (unpaired) electrons. The van der Waals surface area contributed by atoms with Crippen molar-refractivity contribution in [1.29, 1.82) is 0 Å². The van der Waals surface area contributed by atoms with Gasteiger partial charge in [0.1, 0.15) is 0 Å². The van der Waals surface area contributed by atoms with Crippen LogP contribution in [0.3, 0.4) is 0 Å². The summed E-state index contributed by atoms with van der Waals surface area (Å²) in [7, 11) is 1.82. The van der Waals surface area contributed by atoms with Crippen molar-refractivity contribution >= 4 is 5.78 Å². The molecule has 0 saturated heterocycles. The quantitative estimate of drug-likeness (QED) is 0.598. The van der Waals surface area contributed by atoms with Crippen molar-refractivity contribution in [3.8, 4) is 0 Å². The fraction of sp³-hybridized carbons (Fsp3) is 0.500. The van der Waals surface area contributed by atoms with Gasteiger partial charge in [0.15, 0.2) is 5.82 Å². The van der Waals surface area contributed by atoms with Crippen LogP contribution in [0.15, 0.2) is 12.4 Å². The molecule has 0 spiro atoms. The highest BCUT2D eigenvalue weighted by Gasteiger charge is 2.13. The van der Waals surface area contributed by atoms with E-state index in [1.165, 1.54) is 0 Å². The topological polar surface area (TPSA) is 34.9 Å². The maximum absolute atomic E-state index is 11.3. The van der Waals surface area contributed by atoms with Crippen molar-refractivity contribution in [3.05, 3.63) is 18.2 Å². The van der Waals surface area contributed by atoms with Crippen molar-refractivity contribution in [3.63, 3.8) is 0 Å². The molecule has 1 rings (SSSR count). The molecule has 60 valence electrons. The highest BCUT2D eigenvalue weighted by Crippen LogP contribution is 2.04. The highest BCUT2D eigenvalue weighted by molar-refractivity contribution is 5.94. The largest absolute Gasteiger partial charge is 0.332 e. The molecule has 0 amide bonds. The van der Waals surface area contributed by atoms with Crippen LogP contribution in [0.4, 0.5) is 0 Å². The molecule has 0 fully saturated rings. The number of Topliss-reactive ketones (excluding diaryl/α,β-unsaturated/α-hetero) is 1. The van der Waals surface area contributed by atoms with Crippen molar-refractivity contribution in [2.45, 2.75) is 13.8 Å². The van der Waals surface area contributed by atoms with Crippen molar-refractivity contribution in [2.24, 2.45) is 13.0 Å². The predicted molar refractivity (Wildman–Crippen MR) is 42.4 cm³/mol. The van der Waals surface area contributed by atoms with Crippen LogP contribution in [-0.2, 0) is 7.05 Å². The average Bonchev–Trinajstić information content (AvgIpc) is 2.33. The third kappa shape index (κ3) is 1.48. The van der Waals surface area contributed by atoms with Crippen molar-refractivity contribution < 1.29 is 4.79 Å². The van der Waals surface area contributed by atoms with E-state index in [1.54, 1.807) is 17.0 Å². The number of nitrogens with zero attached hydrogens (tertiary/aromatic N) is 2. The van der Waals surface area contributed by atoms with E-state index in [2.05, 4.69) is 4.98 Å². The Morgan fingerprint density at radius 2 is 2.27 bits per heavy atom. The van der Waals surface area contributed by atoms with Gasteiger partial charge < -0.3 is 4.57 Å². The summed E-state index contributed by atoms with van der Waals surface area (Å²) in [6, 6.07) is 0. The minimum absolute atomic E-state index is 0.0242. The molecule has 1 heterocycles. The van der Waals surface area contributed by atoms with Crippen LogP contribution in [0.25, 0.3) is 0 Å². The van der Waals surface area contributed by atoms with E-state index in [0.717, 1.165) is 0 Å². The van der Waals surface area contributed by atoms with Gasteiger partial charge in [0.05, 0.1) is 0 Å². The molecule has 0 saturated carbocycles. The number of carbonyl (C=O) groups excluding carboxylic acids is 1. The third-order valence-corrected chi connectivity index (χ3v) is 1.57. The number of aromatic nitrogens is 2. The van der Waals surface area contributed by atoms with Gasteiger partial charge in [-0.15, -0.1) is 0 Å². The van der Waals surface area contributed by atoms with Gasteiger partial charge in [-0.2, -0.15) is 0 Å². The minimum Gasteiger partial charge on any atom is -0.332 e. The fourth-order valence-electron chi connectivity index (χ4n) is 0.861. The Morgan fingerprint density at radius 3 is 2.64 bits per heavy atom. The lowest BCUT2D eigenvalue weighted by atomic mass is 10.1. The van der Waals surface area contributed by atoms with Gasteiger partial charge in [-0.25, -0.2) is 4.98 Å². The maximum Gasteiger partial charge on any atom is 0.200 e.